The lowest BCUT2D eigenvalue weighted by Gasteiger charge is -2.69. The second-order valence-electron chi connectivity index (χ2n) is 26.8. The van der Waals surface area contributed by atoms with E-state index in [-0.39, 0.29) is 25.7 Å². The molecule has 0 radical (unpaired) electrons. The average Bonchev–Trinajstić information content (AvgIpc) is 0.670. The SMILES string of the molecule is CCCCCCCCCCCCCC(O)(c1ccccc1)C(C(O)(CCCCCCCCCCCCC)c1ccccc1)(C(O)(CCCCCCCCCCCCC)c1ccccc1)C(O)(CCCCCCCCCCCCC)c1ccccc1. The molecule has 0 spiro atoms. The van der Waals surface area contributed by atoms with Gasteiger partial charge in [0.2, 0.25) is 0 Å². The van der Waals surface area contributed by atoms with Crippen LogP contribution >= 0.6 is 0 Å². The monoisotopic (exact) mass is 1170 g/mol. The Kier molecular flexibility index (Phi) is 39.3. The van der Waals surface area contributed by atoms with Gasteiger partial charge in [0.1, 0.15) is 27.8 Å². The quantitative estimate of drug-likeness (QED) is 0.0332. The van der Waals surface area contributed by atoms with Crippen molar-refractivity contribution in [1.29, 1.82) is 0 Å². The molecule has 4 heteroatoms. The highest BCUT2D eigenvalue weighted by atomic mass is 16.4. The zero-order chi connectivity index (χ0) is 60.9. The van der Waals surface area contributed by atoms with Crippen LogP contribution in [-0.2, 0) is 22.4 Å². The summed E-state index contributed by atoms with van der Waals surface area (Å²) in [5.74, 6) is 0. The maximum Gasteiger partial charge on any atom is 0.105 e. The van der Waals surface area contributed by atoms with Gasteiger partial charge in [0.05, 0.1) is 0 Å². The number of rotatable bonds is 56. The van der Waals surface area contributed by atoms with Crippen molar-refractivity contribution >= 4 is 0 Å². The van der Waals surface area contributed by atoms with E-state index >= 15 is 20.4 Å². The molecule has 4 N–H and O–H groups in total. The molecule has 480 valence electrons. The van der Waals surface area contributed by atoms with Crippen LogP contribution in [0.1, 0.15) is 358 Å². The Bertz CT molecular complexity index is 1820. The van der Waals surface area contributed by atoms with Crippen molar-refractivity contribution in [3.8, 4) is 0 Å². The van der Waals surface area contributed by atoms with E-state index in [1.807, 2.05) is 121 Å². The van der Waals surface area contributed by atoms with E-state index in [0.717, 1.165) is 77.0 Å². The zero-order valence-corrected chi connectivity index (χ0v) is 55.8. The highest BCUT2D eigenvalue weighted by Gasteiger charge is 2.79. The summed E-state index contributed by atoms with van der Waals surface area (Å²) in [4.78, 5) is 0. The van der Waals surface area contributed by atoms with Crippen LogP contribution in [0.3, 0.4) is 0 Å². The fourth-order valence-electron chi connectivity index (χ4n) is 15.3. The Balaban J connectivity index is 2.00. The summed E-state index contributed by atoms with van der Waals surface area (Å²) in [7, 11) is 0. The first-order chi connectivity index (χ1) is 41.7. The first-order valence-corrected chi connectivity index (χ1v) is 36.8. The molecule has 0 saturated heterocycles. The van der Waals surface area contributed by atoms with Gasteiger partial charge in [-0.2, -0.15) is 0 Å². The molecule has 0 bridgehead atoms. The predicted molar refractivity (Wildman–Crippen MR) is 368 cm³/mol. The fraction of sp³-hybridized carbons (Fsp3) is 0.704. The molecular formula is C81H132O4. The topological polar surface area (TPSA) is 80.9 Å². The molecule has 0 aliphatic carbocycles. The lowest BCUT2D eigenvalue weighted by molar-refractivity contribution is -0.372. The van der Waals surface area contributed by atoms with E-state index < -0.39 is 27.8 Å². The van der Waals surface area contributed by atoms with Crippen LogP contribution in [0.5, 0.6) is 0 Å². The van der Waals surface area contributed by atoms with Crippen molar-refractivity contribution in [3.63, 3.8) is 0 Å². The van der Waals surface area contributed by atoms with Crippen LogP contribution in [0.15, 0.2) is 121 Å². The van der Waals surface area contributed by atoms with Crippen molar-refractivity contribution in [1.82, 2.24) is 0 Å². The van der Waals surface area contributed by atoms with Crippen LogP contribution in [-0.4, -0.2) is 20.4 Å². The van der Waals surface area contributed by atoms with E-state index in [2.05, 4.69) is 27.7 Å². The van der Waals surface area contributed by atoms with Gasteiger partial charge in [0.15, 0.2) is 0 Å². The predicted octanol–water partition coefficient (Wildman–Crippen LogP) is 24.3. The lowest BCUT2D eigenvalue weighted by atomic mass is 9.39. The molecule has 0 aliphatic heterocycles. The van der Waals surface area contributed by atoms with Crippen molar-refractivity contribution in [2.45, 2.75) is 358 Å². The van der Waals surface area contributed by atoms with Crippen LogP contribution < -0.4 is 0 Å². The lowest BCUT2D eigenvalue weighted by Crippen LogP contribution is -2.76. The number of hydrogen-bond acceptors (Lipinski definition) is 4. The molecule has 4 atom stereocenters. The standard InChI is InChI=1S/C81H132O4/c1-5-9-13-17-21-25-29-33-37-41-57-69-77(82,73-61-49-45-50-62-73)81(78(83,74-63-51-46-52-64-74)70-58-42-38-34-30-26-22-18-14-10-6-2,79(84,75-65-53-47-54-66-75)71-59-43-39-35-31-27-23-19-15-11-7-3)80(85,76-67-55-48-56-68-76)72-60-44-40-36-32-28-24-20-16-12-8-4/h45-56,61-68,82-85H,5-44,57-60,69-72H2,1-4H3. The minimum absolute atomic E-state index is 0.266. The Labute approximate surface area is 525 Å². The molecular weight excluding hydrogens is 1040 g/mol. The minimum Gasteiger partial charge on any atom is -0.384 e. The van der Waals surface area contributed by atoms with Crippen LogP contribution in [0.4, 0.5) is 0 Å². The Morgan fingerprint density at radius 3 is 0.459 bits per heavy atom. The van der Waals surface area contributed by atoms with Gasteiger partial charge in [-0.05, 0) is 47.9 Å². The molecule has 4 unspecified atom stereocenters. The second-order valence-corrected chi connectivity index (χ2v) is 26.8. The third kappa shape index (κ3) is 23.9. The molecule has 4 nitrogen and oxygen atoms in total. The molecule has 4 rings (SSSR count). The summed E-state index contributed by atoms with van der Waals surface area (Å²) in [6.45, 7) is 9.14. The van der Waals surface area contributed by atoms with Crippen molar-refractivity contribution in [3.05, 3.63) is 144 Å². The van der Waals surface area contributed by atoms with Crippen LogP contribution in [0.2, 0.25) is 0 Å². The van der Waals surface area contributed by atoms with Crippen molar-refractivity contribution in [2.24, 2.45) is 5.41 Å². The van der Waals surface area contributed by atoms with Gasteiger partial charge < -0.3 is 20.4 Å². The maximum atomic E-state index is 15.6. The molecule has 0 aliphatic rings. The van der Waals surface area contributed by atoms with E-state index in [1.54, 1.807) is 0 Å². The molecule has 0 fully saturated rings. The number of unbranched alkanes of at least 4 members (excludes halogenated alkanes) is 40. The summed E-state index contributed by atoms with van der Waals surface area (Å²) in [6, 6.07) is 40.6. The fourth-order valence-corrected chi connectivity index (χ4v) is 15.3. The molecule has 0 aromatic heterocycles. The van der Waals surface area contributed by atoms with E-state index in [0.29, 0.717) is 47.9 Å². The van der Waals surface area contributed by atoms with Gasteiger partial charge in [-0.15, -0.1) is 0 Å². The van der Waals surface area contributed by atoms with Gasteiger partial charge in [0.25, 0.3) is 0 Å². The molecule has 4 aromatic carbocycles. The molecule has 0 amide bonds. The van der Waals surface area contributed by atoms with E-state index in [4.69, 9.17) is 0 Å². The van der Waals surface area contributed by atoms with Crippen LogP contribution in [0, 0.1) is 5.41 Å². The van der Waals surface area contributed by atoms with Crippen molar-refractivity contribution in [2.75, 3.05) is 0 Å². The van der Waals surface area contributed by atoms with Gasteiger partial charge in [0, 0.05) is 0 Å². The Morgan fingerprint density at radius 2 is 0.318 bits per heavy atom. The van der Waals surface area contributed by atoms with Gasteiger partial charge in [-0.1, -0.05) is 432 Å². The van der Waals surface area contributed by atoms with Gasteiger partial charge in [-0.3, -0.25) is 0 Å². The third-order valence-corrected chi connectivity index (χ3v) is 20.1. The van der Waals surface area contributed by atoms with E-state index in [1.165, 1.54) is 180 Å². The first kappa shape index (κ1) is 74.2. The highest BCUT2D eigenvalue weighted by Crippen LogP contribution is 2.73. The molecule has 0 saturated carbocycles. The smallest absolute Gasteiger partial charge is 0.105 e. The second kappa shape index (κ2) is 45.0. The Morgan fingerprint density at radius 1 is 0.188 bits per heavy atom. The molecule has 85 heavy (non-hydrogen) atoms. The summed E-state index contributed by atoms with van der Waals surface area (Å²) >= 11 is 0. The van der Waals surface area contributed by atoms with Crippen LogP contribution in [0.25, 0.3) is 0 Å². The summed E-state index contributed by atoms with van der Waals surface area (Å²) in [6.07, 6.45) is 52.2. The van der Waals surface area contributed by atoms with Gasteiger partial charge >= 0.3 is 0 Å². The summed E-state index contributed by atoms with van der Waals surface area (Å²) in [5.41, 5.74) is -7.37. The molecule has 4 aromatic rings. The average molecular weight is 1170 g/mol. The van der Waals surface area contributed by atoms with E-state index in [9.17, 15) is 0 Å². The molecule has 0 heterocycles. The summed E-state index contributed by atoms with van der Waals surface area (Å²) in [5, 5.41) is 62.3. The third-order valence-electron chi connectivity index (χ3n) is 20.1. The first-order valence-electron chi connectivity index (χ1n) is 36.8. The number of benzene rings is 4. The zero-order valence-electron chi connectivity index (χ0n) is 55.8. The minimum atomic E-state index is -2.08. The summed E-state index contributed by atoms with van der Waals surface area (Å²) < 4.78 is 0. The maximum absolute atomic E-state index is 15.6. The van der Waals surface area contributed by atoms with Gasteiger partial charge in [-0.25, -0.2) is 0 Å². The Hall–Kier alpha value is -3.28. The number of hydrogen-bond donors (Lipinski definition) is 4. The number of aliphatic hydroxyl groups is 4. The normalized spacial score (nSPS) is 15.4. The highest BCUT2D eigenvalue weighted by molar-refractivity contribution is 5.46. The van der Waals surface area contributed by atoms with Crippen molar-refractivity contribution < 1.29 is 20.4 Å². The largest absolute Gasteiger partial charge is 0.384 e.